The smallest absolute Gasteiger partial charge is 0.0719 e. The second-order valence-electron chi connectivity index (χ2n) is 6.13. The van der Waals surface area contributed by atoms with Crippen molar-refractivity contribution in [1.82, 2.24) is 4.98 Å². The lowest BCUT2D eigenvalue weighted by Gasteiger charge is -2.10. The molecule has 0 aliphatic carbocycles. The third-order valence-electron chi connectivity index (χ3n) is 4.14. The molecule has 132 valence electrons. The van der Waals surface area contributed by atoms with Crippen molar-refractivity contribution < 1.29 is 9.47 Å². The van der Waals surface area contributed by atoms with Crippen LogP contribution in [0.4, 0.5) is 5.69 Å². The van der Waals surface area contributed by atoms with E-state index in [-0.39, 0.29) is 0 Å². The molecular weight excluding hydrogens is 312 g/mol. The standard InChI is InChI=1S/C21H26N2O2/c1-3-9-22-20-13-16(15-25-11-10-24-2)12-18-14-19(23-21(18)20)17-7-5-4-6-8-17/h4-8,12-14,22-23H,3,9-11,15H2,1-2H3. The molecule has 0 amide bonds. The Labute approximate surface area is 149 Å². The Morgan fingerprint density at radius 2 is 1.88 bits per heavy atom. The van der Waals surface area contributed by atoms with Gasteiger partial charge < -0.3 is 19.8 Å². The van der Waals surface area contributed by atoms with E-state index in [4.69, 9.17) is 9.47 Å². The maximum Gasteiger partial charge on any atom is 0.0719 e. The minimum absolute atomic E-state index is 0.589. The summed E-state index contributed by atoms with van der Waals surface area (Å²) in [6, 6.07) is 17.0. The highest BCUT2D eigenvalue weighted by Gasteiger charge is 2.09. The predicted molar refractivity (Wildman–Crippen MR) is 104 cm³/mol. The average molecular weight is 338 g/mol. The van der Waals surface area contributed by atoms with Gasteiger partial charge >= 0.3 is 0 Å². The lowest BCUT2D eigenvalue weighted by atomic mass is 10.1. The summed E-state index contributed by atoms with van der Waals surface area (Å²) in [5.41, 5.74) is 5.77. The van der Waals surface area contributed by atoms with Crippen molar-refractivity contribution in [3.63, 3.8) is 0 Å². The molecule has 25 heavy (non-hydrogen) atoms. The summed E-state index contributed by atoms with van der Waals surface area (Å²) >= 11 is 0. The Balaban J connectivity index is 1.91. The van der Waals surface area contributed by atoms with Crippen LogP contribution in [-0.2, 0) is 16.1 Å². The number of aromatic amines is 1. The Kier molecular flexibility index (Phi) is 6.09. The van der Waals surface area contributed by atoms with Gasteiger partial charge in [-0.05, 0) is 35.7 Å². The van der Waals surface area contributed by atoms with E-state index in [0.717, 1.165) is 29.9 Å². The van der Waals surface area contributed by atoms with Crippen LogP contribution in [0, 0.1) is 0 Å². The van der Waals surface area contributed by atoms with Gasteiger partial charge in [-0.1, -0.05) is 37.3 Å². The van der Waals surface area contributed by atoms with Crippen molar-refractivity contribution in [3.05, 3.63) is 54.1 Å². The zero-order chi connectivity index (χ0) is 17.5. The third-order valence-corrected chi connectivity index (χ3v) is 4.14. The van der Waals surface area contributed by atoms with Crippen molar-refractivity contribution in [3.8, 4) is 11.3 Å². The lowest BCUT2D eigenvalue weighted by Crippen LogP contribution is -2.04. The molecule has 0 radical (unpaired) electrons. The normalized spacial score (nSPS) is 11.1. The molecule has 0 saturated heterocycles. The molecule has 4 heteroatoms. The maximum atomic E-state index is 5.70. The van der Waals surface area contributed by atoms with E-state index in [1.165, 1.54) is 16.5 Å². The number of rotatable bonds is 9. The van der Waals surface area contributed by atoms with Crippen LogP contribution in [0.25, 0.3) is 22.2 Å². The van der Waals surface area contributed by atoms with E-state index in [9.17, 15) is 0 Å². The van der Waals surface area contributed by atoms with Gasteiger partial charge in [-0.15, -0.1) is 0 Å². The molecule has 3 rings (SSSR count). The fraction of sp³-hybridized carbons (Fsp3) is 0.333. The van der Waals surface area contributed by atoms with Crippen LogP contribution in [0.15, 0.2) is 48.5 Å². The number of nitrogens with one attached hydrogen (secondary N) is 2. The van der Waals surface area contributed by atoms with Gasteiger partial charge in [0.1, 0.15) is 0 Å². The molecule has 0 fully saturated rings. The monoisotopic (exact) mass is 338 g/mol. The minimum Gasteiger partial charge on any atom is -0.383 e. The average Bonchev–Trinajstić information content (AvgIpc) is 3.08. The van der Waals surface area contributed by atoms with Gasteiger partial charge in [0, 0.05) is 24.7 Å². The van der Waals surface area contributed by atoms with Gasteiger partial charge in [0.05, 0.1) is 31.0 Å². The summed E-state index contributed by atoms with van der Waals surface area (Å²) in [7, 11) is 1.69. The Morgan fingerprint density at radius 1 is 1.04 bits per heavy atom. The van der Waals surface area contributed by atoms with Crippen molar-refractivity contribution in [2.24, 2.45) is 0 Å². The first-order chi connectivity index (χ1) is 12.3. The first-order valence-corrected chi connectivity index (χ1v) is 8.83. The fourth-order valence-corrected chi connectivity index (χ4v) is 2.89. The number of H-pyrrole nitrogens is 1. The van der Waals surface area contributed by atoms with Crippen molar-refractivity contribution in [2.75, 3.05) is 32.2 Å². The minimum atomic E-state index is 0.589. The predicted octanol–water partition coefficient (Wildman–Crippen LogP) is 4.82. The maximum absolute atomic E-state index is 5.70. The van der Waals surface area contributed by atoms with Crippen LogP contribution in [0.1, 0.15) is 18.9 Å². The van der Waals surface area contributed by atoms with Gasteiger partial charge in [0.15, 0.2) is 0 Å². The van der Waals surface area contributed by atoms with Crippen LogP contribution >= 0.6 is 0 Å². The van der Waals surface area contributed by atoms with Crippen molar-refractivity contribution >= 4 is 16.6 Å². The lowest BCUT2D eigenvalue weighted by molar-refractivity contribution is 0.0617. The molecule has 0 bridgehead atoms. The zero-order valence-corrected chi connectivity index (χ0v) is 15.0. The number of anilines is 1. The summed E-state index contributed by atoms with van der Waals surface area (Å²) in [4.78, 5) is 3.57. The number of fused-ring (bicyclic) bond motifs is 1. The summed E-state index contributed by atoms with van der Waals surface area (Å²) < 4.78 is 10.7. The molecule has 0 saturated carbocycles. The molecule has 1 aromatic heterocycles. The van der Waals surface area contributed by atoms with E-state index in [1.54, 1.807) is 7.11 Å². The molecule has 3 aromatic rings. The summed E-state index contributed by atoms with van der Waals surface area (Å²) in [6.45, 7) is 4.93. The SMILES string of the molecule is CCCNc1cc(COCCOC)cc2cc(-c3ccccc3)[nH]c12. The third kappa shape index (κ3) is 4.41. The van der Waals surface area contributed by atoms with E-state index >= 15 is 0 Å². The number of ether oxygens (including phenoxy) is 2. The van der Waals surface area contributed by atoms with Crippen molar-refractivity contribution in [1.29, 1.82) is 0 Å². The molecule has 0 spiro atoms. The van der Waals surface area contributed by atoms with Crippen LogP contribution < -0.4 is 5.32 Å². The molecule has 2 N–H and O–H groups in total. The number of hydrogen-bond acceptors (Lipinski definition) is 3. The molecular formula is C21H26N2O2. The van der Waals surface area contributed by atoms with Gasteiger partial charge in [0.2, 0.25) is 0 Å². The summed E-state index contributed by atoms with van der Waals surface area (Å²) in [6.07, 6.45) is 1.09. The van der Waals surface area contributed by atoms with Crippen LogP contribution in [0.2, 0.25) is 0 Å². The van der Waals surface area contributed by atoms with Gasteiger partial charge in [-0.3, -0.25) is 0 Å². The first-order valence-electron chi connectivity index (χ1n) is 8.83. The number of aromatic nitrogens is 1. The topological polar surface area (TPSA) is 46.3 Å². The molecule has 4 nitrogen and oxygen atoms in total. The number of hydrogen-bond donors (Lipinski definition) is 2. The molecule has 2 aromatic carbocycles. The van der Waals surface area contributed by atoms with Gasteiger partial charge in [-0.2, -0.15) is 0 Å². The van der Waals surface area contributed by atoms with Crippen LogP contribution in [0.5, 0.6) is 0 Å². The van der Waals surface area contributed by atoms with Crippen LogP contribution in [-0.4, -0.2) is 31.9 Å². The van der Waals surface area contributed by atoms with E-state index < -0.39 is 0 Å². The van der Waals surface area contributed by atoms with Crippen LogP contribution in [0.3, 0.4) is 0 Å². The number of methoxy groups -OCH3 is 1. The second-order valence-corrected chi connectivity index (χ2v) is 6.13. The molecule has 1 heterocycles. The Morgan fingerprint density at radius 3 is 2.64 bits per heavy atom. The largest absolute Gasteiger partial charge is 0.383 e. The van der Waals surface area contributed by atoms with Crippen molar-refractivity contribution in [2.45, 2.75) is 20.0 Å². The molecule has 0 unspecified atom stereocenters. The highest BCUT2D eigenvalue weighted by atomic mass is 16.5. The van der Waals surface area contributed by atoms with E-state index in [1.807, 2.05) is 6.07 Å². The Hall–Kier alpha value is -2.30. The molecule has 0 aliphatic rings. The highest BCUT2D eigenvalue weighted by Crippen LogP contribution is 2.30. The second kappa shape index (κ2) is 8.70. The van der Waals surface area contributed by atoms with Gasteiger partial charge in [0.25, 0.3) is 0 Å². The summed E-state index contributed by atoms with van der Waals surface area (Å²) in [5, 5.41) is 4.73. The summed E-state index contributed by atoms with van der Waals surface area (Å²) in [5.74, 6) is 0. The first kappa shape index (κ1) is 17.5. The zero-order valence-electron chi connectivity index (χ0n) is 15.0. The molecule has 0 atom stereocenters. The Bertz CT molecular complexity index is 796. The highest BCUT2D eigenvalue weighted by molar-refractivity contribution is 5.95. The van der Waals surface area contributed by atoms with E-state index in [0.29, 0.717) is 19.8 Å². The fourth-order valence-electron chi connectivity index (χ4n) is 2.89. The number of benzene rings is 2. The van der Waals surface area contributed by atoms with E-state index in [2.05, 4.69) is 59.7 Å². The van der Waals surface area contributed by atoms with Gasteiger partial charge in [-0.25, -0.2) is 0 Å². The quantitative estimate of drug-likeness (QED) is 0.550. The molecule has 0 aliphatic heterocycles.